The molecule has 0 radical (unpaired) electrons. The number of carbonyl (C=O) groups is 1. The number of hydrogen-bond acceptors (Lipinski definition) is 3. The number of benzene rings is 1. The summed E-state index contributed by atoms with van der Waals surface area (Å²) in [6.07, 6.45) is 22.6. The van der Waals surface area contributed by atoms with Gasteiger partial charge < -0.3 is 0 Å². The minimum absolute atomic E-state index is 0.0402. The Morgan fingerprint density at radius 3 is 1.60 bits per heavy atom. The highest BCUT2D eigenvalue weighted by Crippen LogP contribution is 2.30. The molecule has 0 aliphatic rings. The predicted molar refractivity (Wildman–Crippen MR) is 140 cm³/mol. The highest BCUT2D eigenvalue weighted by molar-refractivity contribution is 8.77. The van der Waals surface area contributed by atoms with Crippen molar-refractivity contribution in [1.29, 1.82) is 0 Å². The van der Waals surface area contributed by atoms with Gasteiger partial charge in [-0.05, 0) is 13.3 Å². The lowest BCUT2D eigenvalue weighted by atomic mass is 10.0. The molecule has 1 unspecified atom stereocenters. The lowest BCUT2D eigenvalue weighted by molar-refractivity contribution is 0.0994. The number of carbonyl (C=O) groups excluding carboxylic acids is 1. The molecule has 0 amide bonds. The molecule has 0 aliphatic heterocycles. The third kappa shape index (κ3) is 15.4. The molecule has 30 heavy (non-hydrogen) atoms. The molecular formula is C27H46OS2. The maximum atomic E-state index is 12.3. The number of unbranched alkanes of at least 4 members (excludes halogenated alkanes) is 15. The highest BCUT2D eigenvalue weighted by atomic mass is 33.1. The monoisotopic (exact) mass is 450 g/mol. The predicted octanol–water partition coefficient (Wildman–Crippen LogP) is 9.90. The second-order valence-corrected chi connectivity index (χ2v) is 11.4. The summed E-state index contributed by atoms with van der Waals surface area (Å²) in [5.74, 6) is 1.41. The zero-order valence-electron chi connectivity index (χ0n) is 19.7. The van der Waals surface area contributed by atoms with Crippen LogP contribution in [-0.2, 0) is 0 Å². The largest absolute Gasteiger partial charge is 0.293 e. The molecule has 1 rings (SSSR count). The summed E-state index contributed by atoms with van der Waals surface area (Å²) in [7, 11) is 3.60. The van der Waals surface area contributed by atoms with E-state index in [1.165, 1.54) is 103 Å². The lowest BCUT2D eigenvalue weighted by Gasteiger charge is -2.09. The van der Waals surface area contributed by atoms with E-state index < -0.39 is 0 Å². The van der Waals surface area contributed by atoms with Crippen LogP contribution in [0.1, 0.15) is 127 Å². The molecule has 1 aromatic carbocycles. The Bertz CT molecular complexity index is 503. The van der Waals surface area contributed by atoms with Crippen molar-refractivity contribution >= 4 is 27.4 Å². The molecule has 0 aromatic heterocycles. The van der Waals surface area contributed by atoms with Crippen LogP contribution in [0.2, 0.25) is 0 Å². The Kier molecular flexibility index (Phi) is 18.9. The molecule has 0 N–H and O–H groups in total. The number of hydrogen-bond donors (Lipinski definition) is 0. The van der Waals surface area contributed by atoms with Crippen LogP contribution >= 0.6 is 21.6 Å². The summed E-state index contributed by atoms with van der Waals surface area (Å²) in [5.41, 5.74) is 0.834. The Hall–Kier alpha value is -0.410. The summed E-state index contributed by atoms with van der Waals surface area (Å²) >= 11 is 0. The van der Waals surface area contributed by atoms with Crippen LogP contribution in [0.15, 0.2) is 30.3 Å². The van der Waals surface area contributed by atoms with Gasteiger partial charge in [0.2, 0.25) is 0 Å². The molecule has 3 heteroatoms. The van der Waals surface area contributed by atoms with Crippen LogP contribution in [0.5, 0.6) is 0 Å². The van der Waals surface area contributed by atoms with E-state index in [2.05, 4.69) is 6.92 Å². The topological polar surface area (TPSA) is 17.1 Å². The van der Waals surface area contributed by atoms with Gasteiger partial charge >= 0.3 is 0 Å². The summed E-state index contributed by atoms with van der Waals surface area (Å²) in [6.45, 7) is 4.32. The lowest BCUT2D eigenvalue weighted by Crippen LogP contribution is -2.12. The zero-order valence-corrected chi connectivity index (χ0v) is 21.3. The normalized spacial score (nSPS) is 12.2. The van der Waals surface area contributed by atoms with Crippen LogP contribution in [-0.4, -0.2) is 16.8 Å². The van der Waals surface area contributed by atoms with Crippen molar-refractivity contribution < 1.29 is 4.79 Å². The van der Waals surface area contributed by atoms with Gasteiger partial charge in [0.05, 0.1) is 5.25 Å². The van der Waals surface area contributed by atoms with E-state index in [9.17, 15) is 4.79 Å². The molecule has 1 nitrogen and oxygen atoms in total. The average Bonchev–Trinajstić information content (AvgIpc) is 2.78. The van der Waals surface area contributed by atoms with Crippen LogP contribution in [0.25, 0.3) is 0 Å². The van der Waals surface area contributed by atoms with Gasteiger partial charge in [-0.15, -0.1) is 0 Å². The van der Waals surface area contributed by atoms with E-state index >= 15 is 0 Å². The SMILES string of the molecule is CCCCCCCCCCCCCCCCCCSSC(C)C(=O)c1ccccc1. The van der Waals surface area contributed by atoms with E-state index in [0.717, 1.165) is 11.3 Å². The molecule has 0 saturated heterocycles. The smallest absolute Gasteiger partial charge is 0.176 e. The van der Waals surface area contributed by atoms with Gasteiger partial charge in [-0.1, -0.05) is 155 Å². The fourth-order valence-corrected chi connectivity index (χ4v) is 6.10. The molecule has 172 valence electrons. The maximum absolute atomic E-state index is 12.3. The first-order valence-corrected chi connectivity index (χ1v) is 15.0. The van der Waals surface area contributed by atoms with Crippen molar-refractivity contribution in [2.45, 2.75) is 122 Å². The average molecular weight is 451 g/mol. The Morgan fingerprint density at radius 1 is 0.700 bits per heavy atom. The third-order valence-corrected chi connectivity index (χ3v) is 8.59. The number of rotatable bonds is 21. The summed E-state index contributed by atoms with van der Waals surface area (Å²) in [4.78, 5) is 12.3. The van der Waals surface area contributed by atoms with Crippen LogP contribution in [0.3, 0.4) is 0 Å². The first-order valence-electron chi connectivity index (χ1n) is 12.6. The van der Waals surface area contributed by atoms with Gasteiger partial charge in [0.15, 0.2) is 5.78 Å². The molecule has 0 heterocycles. The van der Waals surface area contributed by atoms with Crippen LogP contribution in [0, 0.1) is 0 Å². The number of Topliss-reactive ketones (excluding diaryl/α,β-unsaturated/α-hetero) is 1. The minimum Gasteiger partial charge on any atom is -0.293 e. The first kappa shape index (κ1) is 27.6. The van der Waals surface area contributed by atoms with Crippen molar-refractivity contribution in [3.8, 4) is 0 Å². The molecule has 0 saturated carbocycles. The molecule has 1 atom stereocenters. The van der Waals surface area contributed by atoms with Crippen LogP contribution in [0.4, 0.5) is 0 Å². The van der Waals surface area contributed by atoms with Crippen LogP contribution < -0.4 is 0 Å². The second-order valence-electron chi connectivity index (χ2n) is 8.59. The van der Waals surface area contributed by atoms with E-state index in [4.69, 9.17) is 0 Å². The van der Waals surface area contributed by atoms with Crippen molar-refractivity contribution in [3.63, 3.8) is 0 Å². The third-order valence-electron chi connectivity index (χ3n) is 5.72. The van der Waals surface area contributed by atoms with E-state index in [1.807, 2.05) is 48.0 Å². The second kappa shape index (κ2) is 20.5. The Balaban J connectivity index is 1.79. The van der Waals surface area contributed by atoms with E-state index in [1.54, 1.807) is 10.8 Å². The van der Waals surface area contributed by atoms with Gasteiger partial charge in [0, 0.05) is 11.3 Å². The zero-order chi connectivity index (χ0) is 21.7. The standard InChI is InChI=1S/C27H46OS2/c1-3-4-5-6-7-8-9-10-11-12-13-14-15-16-17-21-24-29-30-25(2)27(28)26-22-19-18-20-23-26/h18-20,22-23,25H,3-17,21,24H2,1-2H3. The highest BCUT2D eigenvalue weighted by Gasteiger charge is 2.15. The fraction of sp³-hybridized carbons (Fsp3) is 0.741. The van der Waals surface area contributed by atoms with E-state index in [-0.39, 0.29) is 11.0 Å². The molecule has 0 spiro atoms. The molecule has 0 aliphatic carbocycles. The molecular weight excluding hydrogens is 404 g/mol. The summed E-state index contributed by atoms with van der Waals surface area (Å²) in [6, 6.07) is 9.67. The number of ketones is 1. The summed E-state index contributed by atoms with van der Waals surface area (Å²) in [5, 5.41) is 0.0402. The van der Waals surface area contributed by atoms with Crippen molar-refractivity contribution in [3.05, 3.63) is 35.9 Å². The van der Waals surface area contributed by atoms with Gasteiger partial charge in [-0.2, -0.15) is 0 Å². The molecule has 0 fully saturated rings. The first-order chi connectivity index (χ1) is 14.8. The Morgan fingerprint density at radius 2 is 1.13 bits per heavy atom. The maximum Gasteiger partial charge on any atom is 0.176 e. The quantitative estimate of drug-likeness (QED) is 0.105. The Labute approximate surface area is 195 Å². The van der Waals surface area contributed by atoms with Gasteiger partial charge in [-0.25, -0.2) is 0 Å². The van der Waals surface area contributed by atoms with Crippen molar-refractivity contribution in [2.75, 3.05) is 5.75 Å². The van der Waals surface area contributed by atoms with Gasteiger partial charge in [0.25, 0.3) is 0 Å². The van der Waals surface area contributed by atoms with Gasteiger partial charge in [0.1, 0.15) is 0 Å². The van der Waals surface area contributed by atoms with Crippen molar-refractivity contribution in [1.82, 2.24) is 0 Å². The minimum atomic E-state index is 0.0402. The van der Waals surface area contributed by atoms with Gasteiger partial charge in [-0.3, -0.25) is 4.79 Å². The molecule has 1 aromatic rings. The fourth-order valence-electron chi connectivity index (χ4n) is 3.74. The van der Waals surface area contributed by atoms with E-state index in [0.29, 0.717) is 0 Å². The summed E-state index contributed by atoms with van der Waals surface area (Å²) < 4.78 is 0. The molecule has 0 bridgehead atoms. The van der Waals surface area contributed by atoms with Crippen molar-refractivity contribution in [2.24, 2.45) is 0 Å².